The zero-order valence-corrected chi connectivity index (χ0v) is 31.0. The number of hydrogen-bond acceptors (Lipinski definition) is 9. The molecule has 4 amide bonds. The van der Waals surface area contributed by atoms with E-state index in [1.54, 1.807) is 13.8 Å². The van der Waals surface area contributed by atoms with Gasteiger partial charge in [0.25, 0.3) is 5.91 Å². The molecule has 3 aliphatic carbocycles. The fourth-order valence-corrected chi connectivity index (χ4v) is 8.26. The quantitative estimate of drug-likeness (QED) is 0.0572. The Bertz CT molecular complexity index is 1640. The number of aryl methyl sites for hydroxylation is 1. The van der Waals surface area contributed by atoms with Crippen molar-refractivity contribution in [2.24, 2.45) is 39.6 Å². The average Bonchev–Trinajstić information content (AvgIpc) is 3.42. The van der Waals surface area contributed by atoms with E-state index in [9.17, 15) is 43.8 Å². The number of carboxylic acid groups (broad SMARTS) is 2. The number of nitrogens with zero attached hydrogens (tertiary/aromatic N) is 1. The van der Waals surface area contributed by atoms with Crippen LogP contribution in [0.2, 0.25) is 0 Å². The molecule has 2 fully saturated rings. The first-order valence-electron chi connectivity index (χ1n) is 18.5. The van der Waals surface area contributed by atoms with E-state index in [0.29, 0.717) is 35.7 Å². The molecule has 0 spiro atoms. The van der Waals surface area contributed by atoms with Crippen LogP contribution in [0.1, 0.15) is 89.2 Å². The van der Waals surface area contributed by atoms with E-state index < -0.39 is 79.2 Å². The molecule has 0 radical (unpaired) electrons. The molecule has 0 unspecified atom stereocenters. The molecule has 17 nitrogen and oxygen atoms in total. The van der Waals surface area contributed by atoms with Crippen molar-refractivity contribution in [2.75, 3.05) is 19.7 Å². The molecule has 4 rings (SSSR count). The molecular weight excluding hydrogens is 702 g/mol. The van der Waals surface area contributed by atoms with E-state index in [4.69, 9.17) is 16.2 Å². The molecule has 2 saturated carbocycles. The van der Waals surface area contributed by atoms with Gasteiger partial charge >= 0.3 is 11.9 Å². The zero-order valence-electron chi connectivity index (χ0n) is 31.0. The van der Waals surface area contributed by atoms with Crippen LogP contribution >= 0.6 is 0 Å². The Morgan fingerprint density at radius 3 is 2.35 bits per heavy atom. The number of carboxylic acids is 2. The lowest BCUT2D eigenvalue weighted by atomic mass is 9.55. The Hall–Kier alpha value is -5.22. The van der Waals surface area contributed by atoms with Crippen LogP contribution in [0.4, 0.5) is 0 Å². The van der Waals surface area contributed by atoms with Crippen LogP contribution < -0.4 is 37.5 Å². The van der Waals surface area contributed by atoms with Crippen molar-refractivity contribution in [1.29, 1.82) is 0 Å². The van der Waals surface area contributed by atoms with Gasteiger partial charge in [0.2, 0.25) is 17.7 Å². The maximum absolute atomic E-state index is 13.2. The fourth-order valence-electron chi connectivity index (χ4n) is 8.26. The number of ether oxygens (including phenoxy) is 1. The van der Waals surface area contributed by atoms with E-state index in [2.05, 4.69) is 39.2 Å². The third-order valence-corrected chi connectivity index (χ3v) is 11.1. The molecule has 3 aliphatic rings. The number of ketones is 1. The molecule has 0 saturated heterocycles. The largest absolute Gasteiger partial charge is 0.484 e. The topological polar surface area (TPSA) is 282 Å². The van der Waals surface area contributed by atoms with E-state index >= 15 is 0 Å². The summed E-state index contributed by atoms with van der Waals surface area (Å²) in [5.41, 5.74) is 13.0. The summed E-state index contributed by atoms with van der Waals surface area (Å²) in [7, 11) is 0. The van der Waals surface area contributed by atoms with Gasteiger partial charge in [0.05, 0.1) is 13.0 Å². The van der Waals surface area contributed by atoms with Crippen molar-refractivity contribution in [2.45, 2.75) is 103 Å². The summed E-state index contributed by atoms with van der Waals surface area (Å²) in [6, 6.07) is 1.76. The van der Waals surface area contributed by atoms with Crippen molar-refractivity contribution < 1.29 is 48.5 Å². The highest BCUT2D eigenvalue weighted by atomic mass is 16.5. The Morgan fingerprint density at radius 2 is 1.69 bits per heavy atom. The predicted molar refractivity (Wildman–Crippen MR) is 195 cm³/mol. The number of nitrogens with one attached hydrogen (secondary N) is 4. The third kappa shape index (κ3) is 10.5. The summed E-state index contributed by atoms with van der Waals surface area (Å²) in [6.07, 6.45) is 4.89. The minimum Gasteiger partial charge on any atom is -0.484 e. The van der Waals surface area contributed by atoms with Gasteiger partial charge in [-0.15, -0.1) is 0 Å². The second kappa shape index (κ2) is 18.2. The summed E-state index contributed by atoms with van der Waals surface area (Å²) < 4.78 is 5.83. The lowest BCUT2D eigenvalue weighted by Gasteiger charge is -2.48. The van der Waals surface area contributed by atoms with E-state index in [1.165, 1.54) is 11.1 Å². The minimum absolute atomic E-state index is 0.0822. The molecular formula is C37H53N7O10. The Kier molecular flexibility index (Phi) is 14.0. The van der Waals surface area contributed by atoms with Crippen LogP contribution in [0.3, 0.4) is 0 Å². The highest BCUT2D eigenvalue weighted by Crippen LogP contribution is 2.59. The van der Waals surface area contributed by atoms with Crippen LogP contribution in [-0.2, 0) is 40.0 Å². The molecule has 296 valence electrons. The first-order chi connectivity index (χ1) is 25.5. The highest BCUT2D eigenvalue weighted by Gasteiger charge is 2.54. The smallest absolute Gasteiger partial charge is 0.326 e. The van der Waals surface area contributed by atoms with Gasteiger partial charge in [-0.3, -0.25) is 33.8 Å². The zero-order chi connectivity index (χ0) is 39.7. The van der Waals surface area contributed by atoms with Crippen molar-refractivity contribution in [3.8, 4) is 5.75 Å². The normalized spacial score (nSPS) is 23.0. The number of nitrogens with two attached hydrogens (primary N) is 2. The maximum Gasteiger partial charge on any atom is 0.326 e. The monoisotopic (exact) mass is 755 g/mol. The lowest BCUT2D eigenvalue weighted by molar-refractivity contribution is -0.144. The molecule has 0 aromatic heterocycles. The number of carbonyl (C=O) groups excluding carboxylic acids is 5. The summed E-state index contributed by atoms with van der Waals surface area (Å²) in [6.45, 7) is 4.32. The molecule has 1 aromatic carbocycles. The lowest BCUT2D eigenvalue weighted by Crippen LogP contribution is -2.55. The fraction of sp³-hybridized carbons (Fsp3) is 0.622. The van der Waals surface area contributed by atoms with Gasteiger partial charge in [0.15, 0.2) is 12.6 Å². The number of fused-ring (bicyclic) bond motifs is 5. The number of rotatable bonds is 18. The Morgan fingerprint density at radius 1 is 0.963 bits per heavy atom. The van der Waals surface area contributed by atoms with Gasteiger partial charge in [-0.25, -0.2) is 4.79 Å². The molecule has 54 heavy (non-hydrogen) atoms. The summed E-state index contributed by atoms with van der Waals surface area (Å²) in [4.78, 5) is 91.1. The van der Waals surface area contributed by atoms with Gasteiger partial charge in [-0.1, -0.05) is 26.8 Å². The van der Waals surface area contributed by atoms with Gasteiger partial charge in [0.1, 0.15) is 29.7 Å². The standard InChI is InChI=1S/C37H53N7O10/c1-19(2)32(35(52)53)44-34(51)27(16-31(48)49)43-29(46)17-41-33(50)26(5-4-14-40-36(38)39)42-30(47)18-54-21-7-9-22-20(15-21)6-8-24-23(22)12-13-37(3)25(24)10-11-28(37)45/h7,9,15,19,23-27,32H,4-6,8,10-14,16-18H2,1-3H3,(H,41,50)(H,42,47)(H,43,46)(H,44,51)(H,48,49)(H,52,53)(H4,38,39,40)/t23-,24-,25+,26+,27+,32+,37+/m1/s1. The Balaban J connectivity index is 1.33. The molecule has 0 heterocycles. The van der Waals surface area contributed by atoms with E-state index in [-0.39, 0.29) is 30.8 Å². The predicted octanol–water partition coefficient (Wildman–Crippen LogP) is 0.330. The van der Waals surface area contributed by atoms with Crippen molar-refractivity contribution in [3.63, 3.8) is 0 Å². The van der Waals surface area contributed by atoms with Gasteiger partial charge in [-0.05, 0) is 91.9 Å². The molecule has 10 N–H and O–H groups in total. The molecule has 17 heteroatoms. The Labute approximate surface area is 313 Å². The summed E-state index contributed by atoms with van der Waals surface area (Å²) >= 11 is 0. The third-order valence-electron chi connectivity index (χ3n) is 11.1. The first-order valence-corrected chi connectivity index (χ1v) is 18.5. The van der Waals surface area contributed by atoms with Crippen molar-refractivity contribution >= 4 is 47.3 Å². The molecule has 0 aliphatic heterocycles. The number of amides is 4. The average molecular weight is 756 g/mol. The maximum atomic E-state index is 13.2. The van der Waals surface area contributed by atoms with Crippen molar-refractivity contribution in [1.82, 2.24) is 21.3 Å². The SMILES string of the molecule is CC(C)[C@H](NC(=O)[C@H](CC(=O)O)NC(=O)CNC(=O)[C@H](CCCN=C(N)N)NC(=O)COc1ccc2c(c1)CC[C@@H]1[C@@H]2CC[C@]2(C)C(=O)CC[C@@H]12)C(=O)O. The summed E-state index contributed by atoms with van der Waals surface area (Å²) in [5.74, 6) is -4.53. The number of Topliss-reactive ketones (excluding diaryl/α,β-unsaturated/α-hetero) is 1. The second-order valence-electron chi connectivity index (χ2n) is 15.1. The number of aliphatic imine (C=N–C) groups is 1. The summed E-state index contributed by atoms with van der Waals surface area (Å²) in [5, 5.41) is 28.1. The van der Waals surface area contributed by atoms with E-state index in [0.717, 1.165) is 32.1 Å². The molecule has 0 bridgehead atoms. The van der Waals surface area contributed by atoms with Crippen molar-refractivity contribution in [3.05, 3.63) is 29.3 Å². The first kappa shape index (κ1) is 41.5. The van der Waals surface area contributed by atoms with Crippen LogP contribution in [0.15, 0.2) is 23.2 Å². The second-order valence-corrected chi connectivity index (χ2v) is 15.1. The van der Waals surface area contributed by atoms with Gasteiger partial charge in [0, 0.05) is 18.4 Å². The van der Waals surface area contributed by atoms with Crippen LogP contribution in [0, 0.1) is 23.2 Å². The number of benzene rings is 1. The number of guanidine groups is 1. The van der Waals surface area contributed by atoms with Crippen LogP contribution in [-0.4, -0.2) is 95.3 Å². The van der Waals surface area contributed by atoms with Gasteiger partial charge in [-0.2, -0.15) is 0 Å². The molecule has 1 aromatic rings. The van der Waals surface area contributed by atoms with Crippen LogP contribution in [0.5, 0.6) is 5.75 Å². The number of aliphatic carboxylic acids is 2. The minimum atomic E-state index is -1.62. The number of hydrogen-bond donors (Lipinski definition) is 8. The van der Waals surface area contributed by atoms with E-state index in [1.807, 2.05) is 12.1 Å². The highest BCUT2D eigenvalue weighted by molar-refractivity contribution is 5.95. The van der Waals surface area contributed by atoms with Gasteiger partial charge < -0.3 is 47.7 Å². The number of carbonyl (C=O) groups is 7. The van der Waals surface area contributed by atoms with Crippen LogP contribution in [0.25, 0.3) is 0 Å². The molecule has 7 atom stereocenters.